The summed E-state index contributed by atoms with van der Waals surface area (Å²) in [6.45, 7) is 7.07. The molecule has 3 heteroatoms. The molecule has 0 radical (unpaired) electrons. The van der Waals surface area contributed by atoms with Crippen LogP contribution in [-0.4, -0.2) is 14.9 Å². The van der Waals surface area contributed by atoms with Crippen LogP contribution in [-0.2, 0) is 18.6 Å². The molecule has 1 saturated carbocycles. The van der Waals surface area contributed by atoms with Crippen molar-refractivity contribution in [3.05, 3.63) is 17.5 Å². The molecule has 1 aliphatic rings. The minimum absolute atomic E-state index is 0.384. The van der Waals surface area contributed by atoms with Gasteiger partial charge in [0.05, 0.1) is 11.4 Å². The zero-order chi connectivity index (χ0) is 10.3. The number of aromatic nitrogens is 2. The molecule has 0 bridgehead atoms. The molecule has 1 aromatic rings. The van der Waals surface area contributed by atoms with E-state index in [2.05, 4.69) is 25.9 Å². The van der Waals surface area contributed by atoms with Crippen molar-refractivity contribution < 1.29 is 5.11 Å². The van der Waals surface area contributed by atoms with Crippen LogP contribution >= 0.6 is 0 Å². The quantitative estimate of drug-likeness (QED) is 0.795. The lowest BCUT2D eigenvalue weighted by Crippen LogP contribution is -2.15. The van der Waals surface area contributed by atoms with Crippen LogP contribution in [0.1, 0.15) is 38.6 Å². The summed E-state index contributed by atoms with van der Waals surface area (Å²) in [7, 11) is 0. The van der Waals surface area contributed by atoms with Gasteiger partial charge in [0.15, 0.2) is 0 Å². The van der Waals surface area contributed by atoms with Gasteiger partial charge in [-0.3, -0.25) is 4.68 Å². The molecule has 0 aromatic carbocycles. The van der Waals surface area contributed by atoms with Crippen molar-refractivity contribution in [1.82, 2.24) is 9.78 Å². The summed E-state index contributed by atoms with van der Waals surface area (Å²) in [4.78, 5) is 0. The standard InChI is InChI=1S/C11H18N2O/c1-4-9-6-10(13(5-2)12-9)11(14)7-8(11)3/h6,8,14H,4-5,7H2,1-3H3. The van der Waals surface area contributed by atoms with Crippen molar-refractivity contribution in [2.24, 2.45) is 5.92 Å². The van der Waals surface area contributed by atoms with E-state index >= 15 is 0 Å². The summed E-state index contributed by atoms with van der Waals surface area (Å²) in [6.07, 6.45) is 1.81. The average molecular weight is 194 g/mol. The number of hydrogen-bond acceptors (Lipinski definition) is 2. The van der Waals surface area contributed by atoms with E-state index in [4.69, 9.17) is 0 Å². The van der Waals surface area contributed by atoms with Crippen LogP contribution in [0.25, 0.3) is 0 Å². The fourth-order valence-corrected chi connectivity index (χ4v) is 2.00. The van der Waals surface area contributed by atoms with Gasteiger partial charge in [-0.05, 0) is 31.7 Å². The summed E-state index contributed by atoms with van der Waals surface area (Å²) in [5, 5.41) is 14.7. The normalized spacial score (nSPS) is 30.7. The Morgan fingerprint density at radius 1 is 1.64 bits per heavy atom. The van der Waals surface area contributed by atoms with Crippen LogP contribution in [0.4, 0.5) is 0 Å². The van der Waals surface area contributed by atoms with Crippen LogP contribution in [0.15, 0.2) is 6.07 Å². The maximum atomic E-state index is 10.2. The first-order valence-corrected chi connectivity index (χ1v) is 5.41. The second-order valence-corrected chi connectivity index (χ2v) is 4.22. The monoisotopic (exact) mass is 194 g/mol. The predicted molar refractivity (Wildman–Crippen MR) is 55.0 cm³/mol. The SMILES string of the molecule is CCc1cc(C2(O)CC2C)n(CC)n1. The van der Waals surface area contributed by atoms with E-state index in [0.717, 1.165) is 30.8 Å². The Morgan fingerprint density at radius 2 is 2.29 bits per heavy atom. The van der Waals surface area contributed by atoms with Crippen molar-refractivity contribution >= 4 is 0 Å². The fourth-order valence-electron chi connectivity index (χ4n) is 2.00. The van der Waals surface area contributed by atoms with Gasteiger partial charge >= 0.3 is 0 Å². The third kappa shape index (κ3) is 1.27. The lowest BCUT2D eigenvalue weighted by atomic mass is 10.1. The highest BCUT2D eigenvalue weighted by atomic mass is 16.3. The highest BCUT2D eigenvalue weighted by Crippen LogP contribution is 2.51. The zero-order valence-electron chi connectivity index (χ0n) is 9.12. The maximum Gasteiger partial charge on any atom is 0.109 e. The van der Waals surface area contributed by atoms with Crippen LogP contribution in [0.5, 0.6) is 0 Å². The zero-order valence-corrected chi connectivity index (χ0v) is 9.12. The first-order chi connectivity index (χ1) is 6.61. The van der Waals surface area contributed by atoms with Gasteiger partial charge in [-0.15, -0.1) is 0 Å². The smallest absolute Gasteiger partial charge is 0.109 e. The molecule has 3 nitrogen and oxygen atoms in total. The van der Waals surface area contributed by atoms with Crippen LogP contribution in [0.2, 0.25) is 0 Å². The van der Waals surface area contributed by atoms with E-state index < -0.39 is 5.60 Å². The van der Waals surface area contributed by atoms with Gasteiger partial charge in [0.2, 0.25) is 0 Å². The molecule has 14 heavy (non-hydrogen) atoms. The van der Waals surface area contributed by atoms with Gasteiger partial charge in [-0.25, -0.2) is 0 Å². The summed E-state index contributed by atoms with van der Waals surface area (Å²) in [5.41, 5.74) is 1.50. The van der Waals surface area contributed by atoms with Gasteiger partial charge in [0.25, 0.3) is 0 Å². The van der Waals surface area contributed by atoms with Gasteiger partial charge in [0, 0.05) is 6.54 Å². The molecule has 1 aromatic heterocycles. The third-order valence-corrected chi connectivity index (χ3v) is 3.21. The third-order valence-electron chi connectivity index (χ3n) is 3.21. The Kier molecular flexibility index (Phi) is 2.14. The Labute approximate surface area is 84.7 Å². The Bertz CT molecular complexity index is 345. The van der Waals surface area contributed by atoms with E-state index in [1.165, 1.54) is 0 Å². The first kappa shape index (κ1) is 9.71. The summed E-state index contributed by atoms with van der Waals surface area (Å²) >= 11 is 0. The lowest BCUT2D eigenvalue weighted by molar-refractivity contribution is 0.124. The van der Waals surface area contributed by atoms with E-state index in [1.807, 2.05) is 10.7 Å². The van der Waals surface area contributed by atoms with E-state index in [0.29, 0.717) is 5.92 Å². The van der Waals surface area contributed by atoms with Crippen LogP contribution in [0.3, 0.4) is 0 Å². The van der Waals surface area contributed by atoms with Gasteiger partial charge in [-0.1, -0.05) is 13.8 Å². The molecular formula is C11H18N2O. The van der Waals surface area contributed by atoms with Crippen LogP contribution < -0.4 is 0 Å². The molecule has 2 rings (SSSR count). The molecule has 0 spiro atoms. The number of nitrogens with zero attached hydrogens (tertiary/aromatic N) is 2. The molecule has 2 atom stereocenters. The molecule has 78 valence electrons. The molecule has 0 saturated heterocycles. The van der Waals surface area contributed by atoms with Crippen molar-refractivity contribution in [2.45, 2.75) is 45.8 Å². The second kappa shape index (κ2) is 3.09. The molecule has 2 unspecified atom stereocenters. The Balaban J connectivity index is 2.37. The molecule has 0 aliphatic heterocycles. The molecular weight excluding hydrogens is 176 g/mol. The molecule has 1 heterocycles. The van der Waals surface area contributed by atoms with Crippen molar-refractivity contribution in [2.75, 3.05) is 0 Å². The van der Waals surface area contributed by atoms with E-state index in [1.54, 1.807) is 0 Å². The van der Waals surface area contributed by atoms with Crippen molar-refractivity contribution in [3.63, 3.8) is 0 Å². The summed E-state index contributed by atoms with van der Waals surface area (Å²) in [5.74, 6) is 0.384. The minimum atomic E-state index is -0.587. The molecule has 1 aliphatic carbocycles. The topological polar surface area (TPSA) is 38.0 Å². The Hall–Kier alpha value is -0.830. The average Bonchev–Trinajstić information content (AvgIpc) is 2.68. The van der Waals surface area contributed by atoms with Crippen molar-refractivity contribution in [3.8, 4) is 0 Å². The number of aryl methyl sites for hydroxylation is 2. The second-order valence-electron chi connectivity index (χ2n) is 4.22. The van der Waals surface area contributed by atoms with Gasteiger partial charge in [0.1, 0.15) is 5.60 Å². The maximum absolute atomic E-state index is 10.2. The minimum Gasteiger partial charge on any atom is -0.383 e. The number of hydrogen-bond donors (Lipinski definition) is 1. The van der Waals surface area contributed by atoms with E-state index in [-0.39, 0.29) is 0 Å². The predicted octanol–water partition coefficient (Wildman–Crippen LogP) is 1.69. The van der Waals surface area contributed by atoms with E-state index in [9.17, 15) is 5.11 Å². The molecule has 1 N–H and O–H groups in total. The highest BCUT2D eigenvalue weighted by molar-refractivity contribution is 5.25. The molecule has 1 fully saturated rings. The van der Waals surface area contributed by atoms with Gasteiger partial charge < -0.3 is 5.11 Å². The first-order valence-electron chi connectivity index (χ1n) is 5.41. The Morgan fingerprint density at radius 3 is 2.71 bits per heavy atom. The largest absolute Gasteiger partial charge is 0.383 e. The molecule has 0 amide bonds. The van der Waals surface area contributed by atoms with Gasteiger partial charge in [-0.2, -0.15) is 5.10 Å². The fraction of sp³-hybridized carbons (Fsp3) is 0.727. The number of aliphatic hydroxyl groups is 1. The summed E-state index contributed by atoms with van der Waals surface area (Å²) < 4.78 is 1.93. The van der Waals surface area contributed by atoms with Crippen LogP contribution in [0, 0.1) is 5.92 Å². The lowest BCUT2D eigenvalue weighted by Gasteiger charge is -2.10. The summed E-state index contributed by atoms with van der Waals surface area (Å²) in [6, 6.07) is 2.05. The van der Waals surface area contributed by atoms with Crippen molar-refractivity contribution in [1.29, 1.82) is 0 Å². The highest BCUT2D eigenvalue weighted by Gasteiger charge is 2.53. The number of rotatable bonds is 3.